The molecule has 0 rings (SSSR count). The molecule has 0 unspecified atom stereocenters. The summed E-state index contributed by atoms with van der Waals surface area (Å²) >= 11 is 0. The third kappa shape index (κ3) is 142. The van der Waals surface area contributed by atoms with Crippen LogP contribution in [0.4, 0.5) is 0 Å². The molecule has 0 atom stereocenters. The Labute approximate surface area is 68.9 Å². The van der Waals surface area contributed by atoms with Crippen molar-refractivity contribution in [1.82, 2.24) is 0 Å². The minimum Gasteiger partial charge on any atom is -1.00 e. The quantitative estimate of drug-likeness (QED) is 0.308. The Balaban J connectivity index is 0. The van der Waals surface area contributed by atoms with Crippen molar-refractivity contribution in [1.29, 1.82) is 0 Å². The van der Waals surface area contributed by atoms with Crippen LogP contribution in [0.5, 0.6) is 0 Å². The van der Waals surface area contributed by atoms with Crippen molar-refractivity contribution in [3.8, 4) is 0 Å². The van der Waals surface area contributed by atoms with Gasteiger partial charge in [0.2, 0.25) is 0 Å². The number of rotatable bonds is 0. The van der Waals surface area contributed by atoms with Crippen molar-refractivity contribution in [3.63, 3.8) is 0 Å². The third-order valence-electron chi connectivity index (χ3n) is 0. The maximum atomic E-state index is 0. The Hall–Kier alpha value is 1.16. The minimum atomic E-state index is 0. The standard InChI is InChI=1S/Au.5FH.Mg/h;5*1H;/q+3;;;;;;+2/p-5. The molecule has 0 saturated carbocycles. The Bertz CT molecular complexity index is 8.04. The van der Waals surface area contributed by atoms with Gasteiger partial charge in [0.1, 0.15) is 0 Å². The topological polar surface area (TPSA) is 0 Å². The molecule has 0 nitrogen and oxygen atoms in total. The average molecular weight is 316 g/mol. The van der Waals surface area contributed by atoms with E-state index in [1.807, 2.05) is 0 Å². The Morgan fingerprint density at radius 2 is 0.429 bits per heavy atom. The molecule has 0 aromatic heterocycles. The first-order chi connectivity index (χ1) is 0. The summed E-state index contributed by atoms with van der Waals surface area (Å²) < 4.78 is 0. The van der Waals surface area contributed by atoms with Crippen molar-refractivity contribution in [3.05, 3.63) is 0 Å². The largest absolute Gasteiger partial charge is 3.00 e. The number of hydrogen-bond acceptors (Lipinski definition) is 0. The van der Waals surface area contributed by atoms with E-state index < -0.39 is 0 Å². The normalized spacial score (nSPS) is 0. The predicted molar refractivity (Wildman–Crippen MR) is 5.75 cm³/mol. The van der Waals surface area contributed by atoms with E-state index in [-0.39, 0.29) is 69.0 Å². The number of halogens is 5. The second-order valence-electron chi connectivity index (χ2n) is 0. The smallest absolute Gasteiger partial charge is 1.00 e. The van der Waals surface area contributed by atoms with Crippen LogP contribution in [0, 0.1) is 0 Å². The Kier molecular flexibility index (Phi) is 9050. The first-order valence-corrected chi connectivity index (χ1v) is 0. The molecule has 0 saturated heterocycles. The van der Waals surface area contributed by atoms with E-state index in [9.17, 15) is 0 Å². The molecule has 0 radical (unpaired) electrons. The van der Waals surface area contributed by atoms with E-state index in [0.717, 1.165) is 0 Å². The zero-order valence-corrected chi connectivity index (χ0v) is 6.48. The van der Waals surface area contributed by atoms with Gasteiger partial charge in [0.15, 0.2) is 0 Å². The first kappa shape index (κ1) is 312. The van der Waals surface area contributed by atoms with Crippen molar-refractivity contribution in [2.45, 2.75) is 0 Å². The molecule has 7 heavy (non-hydrogen) atoms. The molecular weight excluding hydrogens is 316 g/mol. The molecule has 0 aromatic rings. The maximum absolute atomic E-state index is 0. The van der Waals surface area contributed by atoms with E-state index in [2.05, 4.69) is 0 Å². The molecule has 0 aromatic carbocycles. The first-order valence-electron chi connectivity index (χ1n) is 0. The van der Waals surface area contributed by atoms with Gasteiger partial charge < -0.3 is 23.5 Å². The van der Waals surface area contributed by atoms with Gasteiger partial charge in [0, 0.05) is 0 Å². The Morgan fingerprint density at radius 1 is 0.429 bits per heavy atom. The maximum Gasteiger partial charge on any atom is 3.00 e. The molecule has 0 aliphatic heterocycles. The van der Waals surface area contributed by atoms with E-state index in [0.29, 0.717) is 0 Å². The summed E-state index contributed by atoms with van der Waals surface area (Å²) in [5.74, 6) is 0. The van der Waals surface area contributed by atoms with E-state index in [1.165, 1.54) is 0 Å². The monoisotopic (exact) mass is 316 g/mol. The molecular formula is AuF5Mg. The fourth-order valence-corrected chi connectivity index (χ4v) is 0. The fourth-order valence-electron chi connectivity index (χ4n) is 0. The summed E-state index contributed by atoms with van der Waals surface area (Å²) in [4.78, 5) is 0. The second-order valence-corrected chi connectivity index (χ2v) is 0. The summed E-state index contributed by atoms with van der Waals surface area (Å²) in [6.45, 7) is 0. The van der Waals surface area contributed by atoms with Gasteiger partial charge in [-0.3, -0.25) is 0 Å². The van der Waals surface area contributed by atoms with Crippen molar-refractivity contribution in [2.24, 2.45) is 0 Å². The third-order valence-corrected chi connectivity index (χ3v) is 0. The average Bonchev–Trinajstić information content (AvgIpc) is 0. The van der Waals surface area contributed by atoms with E-state index >= 15 is 0 Å². The summed E-state index contributed by atoms with van der Waals surface area (Å²) in [7, 11) is 0. The van der Waals surface area contributed by atoms with Crippen molar-refractivity contribution in [2.75, 3.05) is 0 Å². The molecule has 0 amide bonds. The van der Waals surface area contributed by atoms with Gasteiger partial charge in [-0.15, -0.1) is 0 Å². The molecule has 0 aliphatic carbocycles. The second kappa shape index (κ2) is 203. The van der Waals surface area contributed by atoms with Crippen LogP contribution in [-0.4, -0.2) is 23.1 Å². The molecule has 0 N–H and O–H groups in total. The molecule has 7 heteroatoms. The number of hydrogen-bond donors (Lipinski definition) is 0. The van der Waals surface area contributed by atoms with Gasteiger partial charge in [-0.05, 0) is 0 Å². The van der Waals surface area contributed by atoms with Crippen LogP contribution in [0.25, 0.3) is 0 Å². The summed E-state index contributed by atoms with van der Waals surface area (Å²) in [5, 5.41) is 0. The molecule has 0 aliphatic rings. The fraction of sp³-hybridized carbons (Fsp3) is 0. The van der Waals surface area contributed by atoms with Crippen LogP contribution in [0.3, 0.4) is 0 Å². The molecule has 48 valence electrons. The summed E-state index contributed by atoms with van der Waals surface area (Å²) in [6, 6.07) is 0. The van der Waals surface area contributed by atoms with Gasteiger partial charge in [0.05, 0.1) is 0 Å². The minimum absolute atomic E-state index is 0. The summed E-state index contributed by atoms with van der Waals surface area (Å²) in [5.41, 5.74) is 0. The molecule has 0 fully saturated rings. The van der Waals surface area contributed by atoms with Crippen molar-refractivity contribution >= 4 is 23.1 Å². The van der Waals surface area contributed by atoms with Crippen LogP contribution in [-0.2, 0) is 22.4 Å². The van der Waals surface area contributed by atoms with Crippen LogP contribution in [0.2, 0.25) is 0 Å². The van der Waals surface area contributed by atoms with E-state index in [4.69, 9.17) is 0 Å². The van der Waals surface area contributed by atoms with Crippen molar-refractivity contribution < 1.29 is 45.9 Å². The zero-order chi connectivity index (χ0) is 0. The van der Waals surface area contributed by atoms with Gasteiger partial charge in [-0.2, -0.15) is 0 Å². The molecule has 0 bridgehead atoms. The summed E-state index contributed by atoms with van der Waals surface area (Å²) in [6.07, 6.45) is 0. The zero-order valence-electron chi connectivity index (χ0n) is 2.90. The SMILES string of the molecule is [Au+3].[F-].[F-].[F-].[F-].[F-].[Mg+2]. The Morgan fingerprint density at radius 3 is 0.429 bits per heavy atom. The predicted octanol–water partition coefficient (Wildman–Crippen LogP) is -15.4. The van der Waals surface area contributed by atoms with Crippen LogP contribution in [0.1, 0.15) is 0 Å². The molecule has 0 heterocycles. The van der Waals surface area contributed by atoms with Gasteiger partial charge in [-0.1, -0.05) is 0 Å². The van der Waals surface area contributed by atoms with Gasteiger partial charge in [0.25, 0.3) is 0 Å². The van der Waals surface area contributed by atoms with Crippen LogP contribution >= 0.6 is 0 Å². The van der Waals surface area contributed by atoms with Crippen LogP contribution < -0.4 is 23.5 Å². The van der Waals surface area contributed by atoms with E-state index in [1.54, 1.807) is 0 Å². The van der Waals surface area contributed by atoms with Gasteiger partial charge >= 0.3 is 45.4 Å². The van der Waals surface area contributed by atoms with Gasteiger partial charge in [-0.25, -0.2) is 0 Å². The molecule has 0 spiro atoms. The van der Waals surface area contributed by atoms with Crippen LogP contribution in [0.15, 0.2) is 0 Å².